The van der Waals surface area contributed by atoms with Crippen LogP contribution in [0.15, 0.2) is 35.7 Å². The van der Waals surface area contributed by atoms with Gasteiger partial charge in [-0.3, -0.25) is 4.79 Å². The minimum atomic E-state index is -0.518. The van der Waals surface area contributed by atoms with Gasteiger partial charge in [-0.15, -0.1) is 22.7 Å². The second kappa shape index (κ2) is 6.83. The number of benzene rings is 1. The SMILES string of the molecule is Cc1c(C(=O)OCC(=O)Nc2sccc2C#N)sc2ccccc12. The van der Waals surface area contributed by atoms with Gasteiger partial charge in [0.1, 0.15) is 15.9 Å². The second-order valence-electron chi connectivity index (χ2n) is 4.95. The predicted molar refractivity (Wildman–Crippen MR) is 94.5 cm³/mol. The van der Waals surface area contributed by atoms with Crippen LogP contribution < -0.4 is 5.32 Å². The lowest BCUT2D eigenvalue weighted by Gasteiger charge is -2.05. The summed E-state index contributed by atoms with van der Waals surface area (Å²) in [5.74, 6) is -0.989. The lowest BCUT2D eigenvalue weighted by molar-refractivity contribution is -0.119. The molecule has 0 saturated carbocycles. The lowest BCUT2D eigenvalue weighted by Crippen LogP contribution is -2.20. The molecule has 0 spiro atoms. The third-order valence-electron chi connectivity index (χ3n) is 3.40. The first kappa shape index (κ1) is 16.2. The molecular weight excluding hydrogens is 344 g/mol. The van der Waals surface area contributed by atoms with E-state index in [4.69, 9.17) is 10.00 Å². The highest BCUT2D eigenvalue weighted by Crippen LogP contribution is 2.31. The summed E-state index contributed by atoms with van der Waals surface area (Å²) in [5.41, 5.74) is 1.24. The Labute approximate surface area is 146 Å². The Bertz CT molecular complexity index is 966. The fraction of sp³-hybridized carbons (Fsp3) is 0.118. The van der Waals surface area contributed by atoms with Crippen LogP contribution >= 0.6 is 22.7 Å². The number of hydrogen-bond acceptors (Lipinski definition) is 6. The highest BCUT2D eigenvalue weighted by molar-refractivity contribution is 7.21. The summed E-state index contributed by atoms with van der Waals surface area (Å²) in [6.07, 6.45) is 0. The normalized spacial score (nSPS) is 10.3. The molecule has 0 fully saturated rings. The first-order chi connectivity index (χ1) is 11.6. The number of nitrogens with one attached hydrogen (secondary N) is 1. The zero-order valence-corrected chi connectivity index (χ0v) is 14.3. The number of hydrogen-bond donors (Lipinski definition) is 1. The maximum Gasteiger partial charge on any atom is 0.349 e. The van der Waals surface area contributed by atoms with Crippen molar-refractivity contribution in [3.63, 3.8) is 0 Å². The molecule has 2 heterocycles. The van der Waals surface area contributed by atoms with E-state index < -0.39 is 18.5 Å². The van der Waals surface area contributed by atoms with Gasteiger partial charge in [0, 0.05) is 4.70 Å². The molecule has 120 valence electrons. The van der Waals surface area contributed by atoms with Gasteiger partial charge in [0.15, 0.2) is 6.61 Å². The van der Waals surface area contributed by atoms with Gasteiger partial charge in [-0.2, -0.15) is 5.26 Å². The number of amides is 1. The number of thiophene rings is 2. The first-order valence-electron chi connectivity index (χ1n) is 7.03. The molecule has 0 aliphatic heterocycles. The van der Waals surface area contributed by atoms with E-state index in [1.54, 1.807) is 11.4 Å². The monoisotopic (exact) mass is 356 g/mol. The Morgan fingerprint density at radius 3 is 2.83 bits per heavy atom. The number of esters is 1. The van der Waals surface area contributed by atoms with Gasteiger partial charge in [0.25, 0.3) is 5.91 Å². The number of rotatable bonds is 4. The van der Waals surface area contributed by atoms with Crippen molar-refractivity contribution >= 4 is 49.6 Å². The van der Waals surface area contributed by atoms with Crippen molar-refractivity contribution in [2.45, 2.75) is 6.92 Å². The Balaban J connectivity index is 1.65. The van der Waals surface area contributed by atoms with E-state index in [2.05, 4.69) is 5.32 Å². The Morgan fingerprint density at radius 2 is 2.08 bits per heavy atom. The van der Waals surface area contributed by atoms with Gasteiger partial charge in [0.2, 0.25) is 0 Å². The van der Waals surface area contributed by atoms with Crippen molar-refractivity contribution in [3.8, 4) is 6.07 Å². The van der Waals surface area contributed by atoms with Crippen LogP contribution in [-0.4, -0.2) is 18.5 Å². The molecule has 2 aromatic heterocycles. The van der Waals surface area contributed by atoms with Gasteiger partial charge in [-0.05, 0) is 35.4 Å². The molecular formula is C17H12N2O3S2. The molecule has 0 unspecified atom stereocenters. The van der Waals surface area contributed by atoms with Crippen molar-refractivity contribution in [1.82, 2.24) is 0 Å². The molecule has 1 amide bonds. The second-order valence-corrected chi connectivity index (χ2v) is 6.92. The van der Waals surface area contributed by atoms with E-state index >= 15 is 0 Å². The summed E-state index contributed by atoms with van der Waals surface area (Å²) >= 11 is 2.59. The molecule has 24 heavy (non-hydrogen) atoms. The van der Waals surface area contributed by atoms with Crippen LogP contribution in [0.25, 0.3) is 10.1 Å². The standard InChI is InChI=1S/C17H12N2O3S2/c1-10-12-4-2-3-5-13(12)24-15(10)17(21)22-9-14(20)19-16-11(8-18)6-7-23-16/h2-7H,9H2,1H3,(H,19,20). The fourth-order valence-corrected chi connectivity index (χ4v) is 4.08. The van der Waals surface area contributed by atoms with Gasteiger partial charge >= 0.3 is 5.97 Å². The number of carbonyl (C=O) groups excluding carboxylic acids is 2. The number of aryl methyl sites for hydroxylation is 1. The summed E-state index contributed by atoms with van der Waals surface area (Å²) < 4.78 is 6.11. The van der Waals surface area contributed by atoms with Crippen LogP contribution in [0.1, 0.15) is 20.8 Å². The molecule has 1 N–H and O–H groups in total. The molecule has 5 nitrogen and oxygen atoms in total. The molecule has 0 atom stereocenters. The Kier molecular flexibility index (Phi) is 4.60. The topological polar surface area (TPSA) is 79.2 Å². The van der Waals surface area contributed by atoms with Crippen LogP contribution in [0.3, 0.4) is 0 Å². The number of nitrogens with zero attached hydrogens (tertiary/aromatic N) is 1. The zero-order chi connectivity index (χ0) is 17.1. The molecule has 3 aromatic rings. The van der Waals surface area contributed by atoms with E-state index in [1.165, 1.54) is 22.7 Å². The van der Waals surface area contributed by atoms with Gasteiger partial charge in [0.05, 0.1) is 5.56 Å². The summed E-state index contributed by atoms with van der Waals surface area (Å²) in [6, 6.07) is 11.3. The number of nitriles is 1. The van der Waals surface area contributed by atoms with E-state index in [1.807, 2.05) is 37.3 Å². The Hall–Kier alpha value is -2.69. The third-order valence-corrected chi connectivity index (χ3v) is 5.48. The van der Waals surface area contributed by atoms with Crippen molar-refractivity contribution in [1.29, 1.82) is 5.26 Å². The molecule has 0 aliphatic rings. The van der Waals surface area contributed by atoms with E-state index in [0.29, 0.717) is 15.4 Å². The van der Waals surface area contributed by atoms with E-state index in [9.17, 15) is 9.59 Å². The smallest absolute Gasteiger partial charge is 0.349 e. The lowest BCUT2D eigenvalue weighted by atomic mass is 10.1. The summed E-state index contributed by atoms with van der Waals surface area (Å²) in [4.78, 5) is 24.6. The fourth-order valence-electron chi connectivity index (χ4n) is 2.22. The van der Waals surface area contributed by atoms with Crippen molar-refractivity contribution < 1.29 is 14.3 Å². The maximum atomic E-state index is 12.2. The summed E-state index contributed by atoms with van der Waals surface area (Å²) in [6.45, 7) is 1.47. The molecule has 0 bridgehead atoms. The van der Waals surface area contributed by atoms with E-state index in [0.717, 1.165) is 15.6 Å². The molecule has 3 rings (SSSR count). The van der Waals surface area contributed by atoms with Crippen molar-refractivity contribution in [2.75, 3.05) is 11.9 Å². The summed E-state index contributed by atoms with van der Waals surface area (Å²) in [7, 11) is 0. The summed E-state index contributed by atoms with van der Waals surface area (Å²) in [5, 5.41) is 14.7. The van der Waals surface area contributed by atoms with Crippen LogP contribution in [0.4, 0.5) is 5.00 Å². The largest absolute Gasteiger partial charge is 0.451 e. The average Bonchev–Trinajstić information content (AvgIpc) is 3.17. The number of fused-ring (bicyclic) bond motifs is 1. The van der Waals surface area contributed by atoms with Crippen LogP contribution in [0.5, 0.6) is 0 Å². The molecule has 7 heteroatoms. The van der Waals surface area contributed by atoms with E-state index in [-0.39, 0.29) is 0 Å². The minimum Gasteiger partial charge on any atom is -0.451 e. The van der Waals surface area contributed by atoms with Gasteiger partial charge in [-0.25, -0.2) is 4.79 Å². The highest BCUT2D eigenvalue weighted by Gasteiger charge is 2.18. The van der Waals surface area contributed by atoms with Crippen molar-refractivity contribution in [3.05, 3.63) is 51.7 Å². The highest BCUT2D eigenvalue weighted by atomic mass is 32.1. The van der Waals surface area contributed by atoms with Gasteiger partial charge < -0.3 is 10.1 Å². The Morgan fingerprint density at radius 1 is 1.29 bits per heavy atom. The molecule has 0 saturated heterocycles. The van der Waals surface area contributed by atoms with Crippen LogP contribution in [0.2, 0.25) is 0 Å². The first-order valence-corrected chi connectivity index (χ1v) is 8.72. The number of ether oxygens (including phenoxy) is 1. The maximum absolute atomic E-state index is 12.2. The predicted octanol–water partition coefficient (Wildman–Crippen LogP) is 3.94. The average molecular weight is 356 g/mol. The van der Waals surface area contributed by atoms with Crippen molar-refractivity contribution in [2.24, 2.45) is 0 Å². The van der Waals surface area contributed by atoms with Crippen LogP contribution in [0, 0.1) is 18.3 Å². The van der Waals surface area contributed by atoms with Crippen LogP contribution in [-0.2, 0) is 9.53 Å². The molecule has 1 aromatic carbocycles. The third kappa shape index (κ3) is 3.15. The number of anilines is 1. The molecule has 0 aliphatic carbocycles. The van der Waals surface area contributed by atoms with Gasteiger partial charge in [-0.1, -0.05) is 18.2 Å². The quantitative estimate of drug-likeness (QED) is 0.718. The zero-order valence-electron chi connectivity index (χ0n) is 12.7. The number of carbonyl (C=O) groups is 2. The minimum absolute atomic E-state index is 0.389. The molecule has 0 radical (unpaired) electrons.